The van der Waals surface area contributed by atoms with Gasteiger partial charge in [-0.2, -0.15) is 0 Å². The summed E-state index contributed by atoms with van der Waals surface area (Å²) >= 11 is 6.12. The Morgan fingerprint density at radius 1 is 1.36 bits per heavy atom. The number of benzene rings is 1. The Bertz CT molecular complexity index is 701. The first kappa shape index (κ1) is 20.0. The zero-order valence-corrected chi connectivity index (χ0v) is 16.2. The number of ether oxygens (including phenoxy) is 1. The molecule has 0 bridgehead atoms. The van der Waals surface area contributed by atoms with E-state index < -0.39 is 10.0 Å². The molecule has 0 radical (unpaired) electrons. The van der Waals surface area contributed by atoms with Gasteiger partial charge in [-0.05, 0) is 43.4 Å². The van der Waals surface area contributed by atoms with Gasteiger partial charge in [0.25, 0.3) is 5.91 Å². The van der Waals surface area contributed by atoms with Crippen molar-refractivity contribution in [3.63, 3.8) is 0 Å². The third-order valence-corrected chi connectivity index (χ3v) is 6.00. The number of carbonyl (C=O) groups excluding carboxylic acids is 1. The maximum atomic E-state index is 12.2. The van der Waals surface area contributed by atoms with E-state index in [1.165, 1.54) is 18.2 Å². The fourth-order valence-corrected chi connectivity index (χ4v) is 4.03. The first-order chi connectivity index (χ1) is 11.8. The first-order valence-electron chi connectivity index (χ1n) is 8.53. The largest absolute Gasteiger partial charge is 0.482 e. The highest BCUT2D eigenvalue weighted by atomic mass is 35.5. The number of likely N-dealkylation sites (tertiary alicyclic amines) is 1. The van der Waals surface area contributed by atoms with E-state index >= 15 is 0 Å². The SMILES string of the molecule is CCCNS(=O)(=O)c1ccc(OCC(=O)N2CCC(C)CC2)c(Cl)c1. The molecule has 6 nitrogen and oxygen atoms in total. The summed E-state index contributed by atoms with van der Waals surface area (Å²) in [6.07, 6.45) is 2.71. The quantitative estimate of drug-likeness (QED) is 0.779. The molecule has 1 fully saturated rings. The average molecular weight is 389 g/mol. The molecule has 0 unspecified atom stereocenters. The molecule has 8 heteroatoms. The fraction of sp³-hybridized carbons (Fsp3) is 0.588. The molecule has 140 valence electrons. The van der Waals surface area contributed by atoms with Crippen molar-refractivity contribution in [3.8, 4) is 5.75 Å². The summed E-state index contributed by atoms with van der Waals surface area (Å²) in [5.41, 5.74) is 0. The Hall–Kier alpha value is -1.31. The summed E-state index contributed by atoms with van der Waals surface area (Å²) in [5.74, 6) is 0.870. The van der Waals surface area contributed by atoms with Crippen molar-refractivity contribution in [1.29, 1.82) is 0 Å². The molecule has 2 rings (SSSR count). The van der Waals surface area contributed by atoms with Gasteiger partial charge < -0.3 is 9.64 Å². The van der Waals surface area contributed by atoms with Gasteiger partial charge in [-0.3, -0.25) is 4.79 Å². The predicted molar refractivity (Wildman–Crippen MR) is 97.4 cm³/mol. The lowest BCUT2D eigenvalue weighted by Gasteiger charge is -2.30. The van der Waals surface area contributed by atoms with Gasteiger partial charge >= 0.3 is 0 Å². The molecule has 25 heavy (non-hydrogen) atoms. The van der Waals surface area contributed by atoms with Crippen LogP contribution in [0.25, 0.3) is 0 Å². The third-order valence-electron chi connectivity index (χ3n) is 4.24. The van der Waals surface area contributed by atoms with Gasteiger partial charge in [-0.1, -0.05) is 25.4 Å². The number of nitrogens with zero attached hydrogens (tertiary/aromatic N) is 1. The van der Waals surface area contributed by atoms with Crippen LogP contribution in [-0.2, 0) is 14.8 Å². The summed E-state index contributed by atoms with van der Waals surface area (Å²) in [5, 5.41) is 0.166. The summed E-state index contributed by atoms with van der Waals surface area (Å²) in [6.45, 7) is 5.82. The number of amides is 1. The van der Waals surface area contributed by atoms with Crippen LogP contribution in [0, 0.1) is 5.92 Å². The predicted octanol–water partition coefficient (Wildman–Crippen LogP) is 2.67. The Labute approximate surface area is 154 Å². The minimum atomic E-state index is -3.58. The van der Waals surface area contributed by atoms with E-state index in [4.69, 9.17) is 16.3 Å². The molecule has 1 aromatic carbocycles. The smallest absolute Gasteiger partial charge is 0.260 e. The van der Waals surface area contributed by atoms with E-state index in [0.29, 0.717) is 24.6 Å². The second-order valence-electron chi connectivity index (χ2n) is 6.34. The third kappa shape index (κ3) is 5.59. The fourth-order valence-electron chi connectivity index (χ4n) is 2.57. The standard InChI is InChI=1S/C17H25ClN2O4S/c1-3-8-19-25(22,23)14-4-5-16(15(18)11-14)24-12-17(21)20-9-6-13(2)7-10-20/h4-5,11,13,19H,3,6-10,12H2,1-2H3. The van der Waals surface area contributed by atoms with Crippen LogP contribution in [0.15, 0.2) is 23.1 Å². The Kier molecular flexibility index (Phi) is 7.10. The lowest BCUT2D eigenvalue weighted by Crippen LogP contribution is -2.40. The van der Waals surface area contributed by atoms with E-state index in [1.54, 1.807) is 4.90 Å². The van der Waals surface area contributed by atoms with E-state index in [1.807, 2.05) is 6.92 Å². The van der Waals surface area contributed by atoms with E-state index in [2.05, 4.69) is 11.6 Å². The maximum Gasteiger partial charge on any atom is 0.260 e. The van der Waals surface area contributed by atoms with E-state index in [-0.39, 0.29) is 22.4 Å². The monoisotopic (exact) mass is 388 g/mol. The molecular formula is C17H25ClN2O4S. The molecule has 1 aromatic rings. The Balaban J connectivity index is 1.96. The van der Waals surface area contributed by atoms with Gasteiger partial charge in [0.1, 0.15) is 5.75 Å². The van der Waals surface area contributed by atoms with Crippen molar-refractivity contribution in [2.45, 2.75) is 38.0 Å². The number of rotatable bonds is 7. The first-order valence-corrected chi connectivity index (χ1v) is 10.4. The van der Waals surface area contributed by atoms with Gasteiger partial charge in [0.15, 0.2) is 6.61 Å². The van der Waals surface area contributed by atoms with Crippen LogP contribution in [0.2, 0.25) is 5.02 Å². The van der Waals surface area contributed by atoms with Crippen molar-refractivity contribution >= 4 is 27.5 Å². The molecule has 1 N–H and O–H groups in total. The zero-order valence-electron chi connectivity index (χ0n) is 14.6. The van der Waals surface area contributed by atoms with Gasteiger partial charge in [0.05, 0.1) is 9.92 Å². The van der Waals surface area contributed by atoms with Crippen LogP contribution in [0.4, 0.5) is 0 Å². The maximum absolute atomic E-state index is 12.2. The molecule has 0 spiro atoms. The van der Waals surface area contributed by atoms with Crippen molar-refractivity contribution in [1.82, 2.24) is 9.62 Å². The number of hydrogen-bond donors (Lipinski definition) is 1. The van der Waals surface area contributed by atoms with Crippen LogP contribution in [-0.4, -0.2) is 45.5 Å². The normalized spacial score (nSPS) is 16.0. The van der Waals surface area contributed by atoms with E-state index in [0.717, 1.165) is 25.9 Å². The molecule has 1 saturated heterocycles. The van der Waals surface area contributed by atoms with Crippen LogP contribution in [0.5, 0.6) is 5.75 Å². The molecule has 1 heterocycles. The molecule has 0 aromatic heterocycles. The minimum absolute atomic E-state index is 0.0784. The summed E-state index contributed by atoms with van der Waals surface area (Å²) in [6, 6.07) is 4.24. The number of nitrogens with one attached hydrogen (secondary N) is 1. The topological polar surface area (TPSA) is 75.7 Å². The summed E-state index contributed by atoms with van der Waals surface area (Å²) < 4.78 is 32.1. The lowest BCUT2D eigenvalue weighted by atomic mass is 9.99. The molecule has 0 aliphatic carbocycles. The summed E-state index contributed by atoms with van der Waals surface area (Å²) in [7, 11) is -3.58. The highest BCUT2D eigenvalue weighted by molar-refractivity contribution is 7.89. The zero-order chi connectivity index (χ0) is 18.4. The Morgan fingerprint density at radius 3 is 2.64 bits per heavy atom. The second-order valence-corrected chi connectivity index (χ2v) is 8.52. The van der Waals surface area contributed by atoms with Crippen molar-refractivity contribution in [2.24, 2.45) is 5.92 Å². The van der Waals surface area contributed by atoms with Crippen molar-refractivity contribution < 1.29 is 17.9 Å². The van der Waals surface area contributed by atoms with Gasteiger partial charge in [0, 0.05) is 19.6 Å². The average Bonchev–Trinajstić information content (AvgIpc) is 2.59. The van der Waals surface area contributed by atoms with E-state index in [9.17, 15) is 13.2 Å². The van der Waals surface area contributed by atoms with Crippen molar-refractivity contribution in [2.75, 3.05) is 26.2 Å². The number of piperidine rings is 1. The molecule has 1 aliphatic heterocycles. The number of carbonyl (C=O) groups is 1. The Morgan fingerprint density at radius 2 is 2.04 bits per heavy atom. The molecular weight excluding hydrogens is 364 g/mol. The minimum Gasteiger partial charge on any atom is -0.482 e. The van der Waals surface area contributed by atoms with Crippen LogP contribution < -0.4 is 9.46 Å². The highest BCUT2D eigenvalue weighted by Gasteiger charge is 2.21. The molecule has 1 amide bonds. The molecule has 0 atom stereocenters. The number of halogens is 1. The molecule has 1 aliphatic rings. The van der Waals surface area contributed by atoms with Crippen LogP contribution in [0.1, 0.15) is 33.1 Å². The lowest BCUT2D eigenvalue weighted by molar-refractivity contribution is -0.134. The van der Waals surface area contributed by atoms with Gasteiger partial charge in [0.2, 0.25) is 10.0 Å². The van der Waals surface area contributed by atoms with Crippen LogP contribution >= 0.6 is 11.6 Å². The van der Waals surface area contributed by atoms with Gasteiger partial charge in [-0.25, -0.2) is 13.1 Å². The van der Waals surface area contributed by atoms with Crippen molar-refractivity contribution in [3.05, 3.63) is 23.2 Å². The molecule has 0 saturated carbocycles. The van der Waals surface area contributed by atoms with Gasteiger partial charge in [-0.15, -0.1) is 0 Å². The number of hydrogen-bond acceptors (Lipinski definition) is 4. The number of sulfonamides is 1. The van der Waals surface area contributed by atoms with Crippen LogP contribution in [0.3, 0.4) is 0 Å². The summed E-state index contributed by atoms with van der Waals surface area (Å²) in [4.78, 5) is 14.1. The second kappa shape index (κ2) is 8.87. The highest BCUT2D eigenvalue weighted by Crippen LogP contribution is 2.27.